The SMILES string of the molecule is Nc1c(-c2ccnc(OC(F)(F)F)c2)ccc2c1CC2=C(c1ccccc1)c1ccccc1. The maximum absolute atomic E-state index is 12.6. The summed E-state index contributed by atoms with van der Waals surface area (Å²) >= 11 is 0. The summed E-state index contributed by atoms with van der Waals surface area (Å²) in [6.07, 6.45) is -2.85. The first-order valence-corrected chi connectivity index (χ1v) is 10.4. The van der Waals surface area contributed by atoms with Crippen LogP contribution >= 0.6 is 0 Å². The van der Waals surface area contributed by atoms with Crippen LogP contribution in [0.15, 0.2) is 91.1 Å². The van der Waals surface area contributed by atoms with Crippen molar-refractivity contribution >= 4 is 16.8 Å². The number of halogens is 3. The largest absolute Gasteiger partial charge is 0.574 e. The van der Waals surface area contributed by atoms with E-state index in [1.807, 2.05) is 48.5 Å². The van der Waals surface area contributed by atoms with Crippen molar-refractivity contribution in [3.8, 4) is 17.0 Å². The van der Waals surface area contributed by atoms with Crippen LogP contribution < -0.4 is 10.5 Å². The van der Waals surface area contributed by atoms with E-state index in [9.17, 15) is 13.2 Å². The van der Waals surface area contributed by atoms with Gasteiger partial charge >= 0.3 is 6.36 Å². The number of nitrogens with two attached hydrogens (primary N) is 1. The molecule has 5 rings (SSSR count). The van der Waals surface area contributed by atoms with Gasteiger partial charge in [0, 0.05) is 29.9 Å². The molecule has 1 aromatic heterocycles. The van der Waals surface area contributed by atoms with Gasteiger partial charge < -0.3 is 10.5 Å². The van der Waals surface area contributed by atoms with Crippen LogP contribution in [0.5, 0.6) is 5.88 Å². The Bertz CT molecular complexity index is 1310. The number of nitrogen functional groups attached to an aromatic ring is 1. The summed E-state index contributed by atoms with van der Waals surface area (Å²) in [5.41, 5.74) is 14.8. The molecule has 1 aliphatic rings. The van der Waals surface area contributed by atoms with Crippen LogP contribution in [0.4, 0.5) is 18.9 Å². The summed E-state index contributed by atoms with van der Waals surface area (Å²) in [6.45, 7) is 0. The van der Waals surface area contributed by atoms with Crippen molar-refractivity contribution in [1.29, 1.82) is 0 Å². The number of hydrogen-bond donors (Lipinski definition) is 1. The molecule has 2 N–H and O–H groups in total. The molecule has 0 saturated carbocycles. The molecule has 0 aliphatic heterocycles. The monoisotopic (exact) mass is 444 g/mol. The van der Waals surface area contributed by atoms with Crippen LogP contribution in [0.2, 0.25) is 0 Å². The maximum Gasteiger partial charge on any atom is 0.574 e. The Morgan fingerprint density at radius 1 is 0.818 bits per heavy atom. The fraction of sp³-hybridized carbons (Fsp3) is 0.0741. The van der Waals surface area contributed by atoms with Crippen LogP contribution in [0.25, 0.3) is 22.3 Å². The second-order valence-electron chi connectivity index (χ2n) is 7.75. The molecule has 0 atom stereocenters. The van der Waals surface area contributed by atoms with E-state index in [1.54, 1.807) is 6.07 Å². The zero-order chi connectivity index (χ0) is 23.0. The molecule has 3 nitrogen and oxygen atoms in total. The Morgan fingerprint density at radius 2 is 1.42 bits per heavy atom. The van der Waals surface area contributed by atoms with Crippen molar-refractivity contribution in [1.82, 2.24) is 4.98 Å². The van der Waals surface area contributed by atoms with Crippen LogP contribution in [-0.4, -0.2) is 11.3 Å². The van der Waals surface area contributed by atoms with Crippen LogP contribution in [0.1, 0.15) is 22.3 Å². The van der Waals surface area contributed by atoms with Gasteiger partial charge in [-0.15, -0.1) is 13.2 Å². The first-order valence-electron chi connectivity index (χ1n) is 10.4. The Morgan fingerprint density at radius 3 is 2.03 bits per heavy atom. The minimum absolute atomic E-state index is 0.516. The molecular weight excluding hydrogens is 425 g/mol. The average Bonchev–Trinajstić information content (AvgIpc) is 2.78. The van der Waals surface area contributed by atoms with Gasteiger partial charge in [-0.05, 0) is 45.0 Å². The molecular formula is C27H19F3N2O. The summed E-state index contributed by atoms with van der Waals surface area (Å²) in [5, 5.41) is 0. The normalized spacial score (nSPS) is 12.6. The number of aromatic nitrogens is 1. The van der Waals surface area contributed by atoms with E-state index < -0.39 is 12.2 Å². The van der Waals surface area contributed by atoms with E-state index in [4.69, 9.17) is 5.73 Å². The Labute approximate surface area is 189 Å². The van der Waals surface area contributed by atoms with Crippen molar-refractivity contribution in [2.24, 2.45) is 0 Å². The number of anilines is 1. The first kappa shape index (κ1) is 20.8. The van der Waals surface area contributed by atoms with Gasteiger partial charge in [0.05, 0.1) is 0 Å². The number of ether oxygens (including phenoxy) is 1. The molecule has 1 heterocycles. The van der Waals surface area contributed by atoms with E-state index in [1.165, 1.54) is 17.8 Å². The van der Waals surface area contributed by atoms with Crippen molar-refractivity contribution in [3.05, 3.63) is 113 Å². The third kappa shape index (κ3) is 4.07. The fourth-order valence-electron chi connectivity index (χ4n) is 4.25. The molecule has 0 unspecified atom stereocenters. The topological polar surface area (TPSA) is 48.1 Å². The van der Waals surface area contributed by atoms with Crippen LogP contribution in [0.3, 0.4) is 0 Å². The van der Waals surface area contributed by atoms with E-state index in [0.29, 0.717) is 23.2 Å². The van der Waals surface area contributed by atoms with E-state index >= 15 is 0 Å². The van der Waals surface area contributed by atoms with Gasteiger partial charge in [-0.1, -0.05) is 72.8 Å². The molecule has 164 valence electrons. The predicted octanol–water partition coefficient (Wildman–Crippen LogP) is 6.74. The highest BCUT2D eigenvalue weighted by atomic mass is 19.4. The highest BCUT2D eigenvalue weighted by Gasteiger charge is 2.32. The lowest BCUT2D eigenvalue weighted by atomic mass is 9.75. The average molecular weight is 444 g/mol. The predicted molar refractivity (Wildman–Crippen MR) is 123 cm³/mol. The first-order chi connectivity index (χ1) is 15.9. The zero-order valence-corrected chi connectivity index (χ0v) is 17.4. The second kappa shape index (κ2) is 8.13. The zero-order valence-electron chi connectivity index (χ0n) is 17.4. The number of rotatable bonds is 4. The van der Waals surface area contributed by atoms with Gasteiger partial charge in [0.2, 0.25) is 5.88 Å². The van der Waals surface area contributed by atoms with Crippen molar-refractivity contribution in [2.45, 2.75) is 12.8 Å². The Balaban J connectivity index is 1.58. The second-order valence-corrected chi connectivity index (χ2v) is 7.75. The van der Waals surface area contributed by atoms with Gasteiger partial charge in [-0.25, -0.2) is 4.98 Å². The molecule has 0 fully saturated rings. The standard InChI is InChI=1S/C27H19F3N2O/c28-27(29,30)33-24-15-19(13-14-32-24)20-11-12-21-22(16-23(21)26(20)31)25(17-7-3-1-4-8-17)18-9-5-2-6-10-18/h1-15H,16,31H2. The molecule has 3 aromatic carbocycles. The molecule has 0 amide bonds. The van der Waals surface area contributed by atoms with Gasteiger partial charge in [-0.2, -0.15) is 0 Å². The maximum atomic E-state index is 12.6. The number of nitrogens with zero attached hydrogens (tertiary/aromatic N) is 1. The van der Waals surface area contributed by atoms with Crippen LogP contribution in [-0.2, 0) is 6.42 Å². The highest BCUT2D eigenvalue weighted by molar-refractivity contribution is 6.05. The van der Waals surface area contributed by atoms with E-state index in [0.717, 1.165) is 27.8 Å². The Kier molecular flexibility index (Phi) is 5.13. The summed E-state index contributed by atoms with van der Waals surface area (Å²) in [5.74, 6) is -0.516. The number of hydrogen-bond acceptors (Lipinski definition) is 3. The summed E-state index contributed by atoms with van der Waals surface area (Å²) < 4.78 is 41.7. The fourth-order valence-corrected chi connectivity index (χ4v) is 4.25. The van der Waals surface area contributed by atoms with Gasteiger partial charge in [0.15, 0.2) is 0 Å². The molecule has 33 heavy (non-hydrogen) atoms. The molecule has 0 spiro atoms. The molecule has 0 bridgehead atoms. The highest BCUT2D eigenvalue weighted by Crippen LogP contribution is 2.47. The van der Waals surface area contributed by atoms with Crippen molar-refractivity contribution in [2.75, 3.05) is 5.73 Å². The smallest absolute Gasteiger partial charge is 0.398 e. The van der Waals surface area contributed by atoms with Gasteiger partial charge in [0.1, 0.15) is 0 Å². The third-order valence-electron chi connectivity index (χ3n) is 5.73. The minimum Gasteiger partial charge on any atom is -0.398 e. The number of fused-ring (bicyclic) bond motifs is 1. The van der Waals surface area contributed by atoms with E-state index in [-0.39, 0.29) is 0 Å². The lowest BCUT2D eigenvalue weighted by Gasteiger charge is -2.30. The summed E-state index contributed by atoms with van der Waals surface area (Å²) in [6, 6.07) is 27.1. The van der Waals surface area contributed by atoms with Gasteiger partial charge in [-0.3, -0.25) is 0 Å². The number of allylic oxidation sites excluding steroid dienone is 1. The van der Waals surface area contributed by atoms with Gasteiger partial charge in [0.25, 0.3) is 0 Å². The van der Waals surface area contributed by atoms with Crippen LogP contribution in [0, 0.1) is 0 Å². The summed E-state index contributed by atoms with van der Waals surface area (Å²) in [4.78, 5) is 3.65. The quantitative estimate of drug-likeness (QED) is 0.355. The molecule has 6 heteroatoms. The summed E-state index contributed by atoms with van der Waals surface area (Å²) in [7, 11) is 0. The lowest BCUT2D eigenvalue weighted by molar-refractivity contribution is -0.276. The Hall–Kier alpha value is -4.06. The molecule has 4 aromatic rings. The number of pyridine rings is 1. The minimum atomic E-state index is -4.80. The molecule has 0 radical (unpaired) electrons. The van der Waals surface area contributed by atoms with Crippen molar-refractivity contribution < 1.29 is 17.9 Å². The van der Waals surface area contributed by atoms with Crippen molar-refractivity contribution in [3.63, 3.8) is 0 Å². The molecule has 1 aliphatic carbocycles. The number of benzene rings is 3. The number of alkyl halides is 3. The van der Waals surface area contributed by atoms with E-state index in [2.05, 4.69) is 34.0 Å². The molecule has 0 saturated heterocycles. The lowest BCUT2D eigenvalue weighted by Crippen LogP contribution is -2.18. The third-order valence-corrected chi connectivity index (χ3v) is 5.73.